The number of hydrogen-bond acceptors (Lipinski definition) is 3. The number of anilines is 1. The van der Waals surface area contributed by atoms with Gasteiger partial charge in [-0.05, 0) is 37.6 Å². The molecule has 102 valence electrons. The van der Waals surface area contributed by atoms with Gasteiger partial charge in [0.15, 0.2) is 0 Å². The van der Waals surface area contributed by atoms with E-state index in [1.54, 1.807) is 0 Å². The second-order valence-electron chi connectivity index (χ2n) is 4.52. The number of benzene rings is 1. The summed E-state index contributed by atoms with van der Waals surface area (Å²) in [5.41, 5.74) is 2.43. The average molecular weight is 315 g/mol. The molecule has 0 radical (unpaired) electrons. The zero-order valence-electron chi connectivity index (χ0n) is 11.4. The topological polar surface area (TPSA) is 35.5 Å². The van der Waals surface area contributed by atoms with Crippen LogP contribution >= 0.6 is 15.9 Å². The minimum Gasteiger partial charge on any atom is -0.395 e. The third-order valence-electron chi connectivity index (χ3n) is 3.01. The summed E-state index contributed by atoms with van der Waals surface area (Å²) < 4.78 is 1.06. The van der Waals surface area contributed by atoms with Crippen LogP contribution in [-0.4, -0.2) is 31.9 Å². The Labute approximate surface area is 118 Å². The lowest BCUT2D eigenvalue weighted by atomic mass is 10.1. The van der Waals surface area contributed by atoms with Crippen molar-refractivity contribution in [2.45, 2.75) is 26.3 Å². The Hall–Kier alpha value is -0.580. The molecular formula is C14H23BrN2O. The third-order valence-corrected chi connectivity index (χ3v) is 3.50. The average Bonchev–Trinajstić information content (AvgIpc) is 2.36. The van der Waals surface area contributed by atoms with E-state index in [9.17, 15) is 0 Å². The van der Waals surface area contributed by atoms with Crippen LogP contribution in [0, 0.1) is 0 Å². The first-order valence-corrected chi connectivity index (χ1v) is 7.24. The summed E-state index contributed by atoms with van der Waals surface area (Å²) in [5.74, 6) is 0. The Bertz CT molecular complexity index is 371. The number of hydrogen-bond donors (Lipinski definition) is 2. The SMILES string of the molecule is CCCNC(C)c1ccc(Br)cc1N(C)CCO. The van der Waals surface area contributed by atoms with Crippen LogP contribution in [-0.2, 0) is 0 Å². The zero-order valence-corrected chi connectivity index (χ0v) is 13.0. The highest BCUT2D eigenvalue weighted by Crippen LogP contribution is 2.29. The van der Waals surface area contributed by atoms with Crippen LogP contribution < -0.4 is 10.2 Å². The number of likely N-dealkylation sites (N-methyl/N-ethyl adjacent to an activating group) is 1. The van der Waals surface area contributed by atoms with Crippen molar-refractivity contribution in [1.82, 2.24) is 5.32 Å². The van der Waals surface area contributed by atoms with Gasteiger partial charge in [0.05, 0.1) is 6.61 Å². The molecule has 0 saturated carbocycles. The molecule has 0 amide bonds. The highest BCUT2D eigenvalue weighted by Gasteiger charge is 2.13. The van der Waals surface area contributed by atoms with Gasteiger partial charge in [0.25, 0.3) is 0 Å². The summed E-state index contributed by atoms with van der Waals surface area (Å²) in [7, 11) is 2.01. The molecule has 0 aliphatic carbocycles. The van der Waals surface area contributed by atoms with Crippen LogP contribution in [0.1, 0.15) is 31.9 Å². The van der Waals surface area contributed by atoms with Gasteiger partial charge >= 0.3 is 0 Å². The van der Waals surface area contributed by atoms with Crippen LogP contribution in [0.3, 0.4) is 0 Å². The number of aliphatic hydroxyl groups is 1. The molecule has 4 heteroatoms. The quantitative estimate of drug-likeness (QED) is 0.812. The van der Waals surface area contributed by atoms with Crippen molar-refractivity contribution in [3.05, 3.63) is 28.2 Å². The van der Waals surface area contributed by atoms with Crippen molar-refractivity contribution < 1.29 is 5.11 Å². The predicted octanol–water partition coefficient (Wildman–Crippen LogP) is 2.94. The molecule has 0 aliphatic heterocycles. The maximum absolute atomic E-state index is 9.07. The fourth-order valence-electron chi connectivity index (χ4n) is 1.95. The minimum atomic E-state index is 0.166. The van der Waals surface area contributed by atoms with Gasteiger partial charge in [-0.25, -0.2) is 0 Å². The summed E-state index contributed by atoms with van der Waals surface area (Å²) in [6.07, 6.45) is 1.13. The van der Waals surface area contributed by atoms with Crippen molar-refractivity contribution >= 4 is 21.6 Å². The standard InChI is InChI=1S/C14H23BrN2O/c1-4-7-16-11(2)13-6-5-12(15)10-14(13)17(3)8-9-18/h5-6,10-11,16,18H,4,7-9H2,1-3H3. The molecule has 0 bridgehead atoms. The first-order chi connectivity index (χ1) is 8.60. The van der Waals surface area contributed by atoms with E-state index in [0.717, 1.165) is 23.1 Å². The Kier molecular flexibility index (Phi) is 6.68. The van der Waals surface area contributed by atoms with Gasteiger partial charge in [0.1, 0.15) is 0 Å². The van der Waals surface area contributed by atoms with Gasteiger partial charge in [-0.1, -0.05) is 28.9 Å². The van der Waals surface area contributed by atoms with E-state index >= 15 is 0 Å². The molecule has 0 spiro atoms. The molecule has 0 aromatic heterocycles. The fraction of sp³-hybridized carbons (Fsp3) is 0.571. The van der Waals surface area contributed by atoms with Crippen molar-refractivity contribution in [2.24, 2.45) is 0 Å². The molecule has 0 saturated heterocycles. The lowest BCUT2D eigenvalue weighted by Crippen LogP contribution is -2.26. The summed E-state index contributed by atoms with van der Waals surface area (Å²) in [6.45, 7) is 6.17. The van der Waals surface area contributed by atoms with E-state index in [1.807, 2.05) is 7.05 Å². The summed E-state index contributed by atoms with van der Waals surface area (Å²) in [6, 6.07) is 6.63. The van der Waals surface area contributed by atoms with Crippen molar-refractivity contribution in [1.29, 1.82) is 0 Å². The maximum Gasteiger partial charge on any atom is 0.0606 e. The van der Waals surface area contributed by atoms with E-state index in [0.29, 0.717) is 12.6 Å². The Morgan fingerprint density at radius 2 is 2.17 bits per heavy atom. The first kappa shape index (κ1) is 15.5. The molecule has 0 fully saturated rings. The van der Waals surface area contributed by atoms with Gasteiger partial charge in [0.2, 0.25) is 0 Å². The normalized spacial score (nSPS) is 12.5. The smallest absolute Gasteiger partial charge is 0.0606 e. The largest absolute Gasteiger partial charge is 0.395 e. The summed E-state index contributed by atoms with van der Waals surface area (Å²) in [5, 5.41) is 12.6. The van der Waals surface area contributed by atoms with E-state index in [2.05, 4.69) is 58.2 Å². The molecular weight excluding hydrogens is 292 g/mol. The lowest BCUT2D eigenvalue weighted by molar-refractivity contribution is 0.304. The van der Waals surface area contributed by atoms with Crippen LogP contribution in [0.2, 0.25) is 0 Å². The summed E-state index contributed by atoms with van der Waals surface area (Å²) in [4.78, 5) is 2.09. The van der Waals surface area contributed by atoms with Crippen LogP contribution in [0.5, 0.6) is 0 Å². The molecule has 0 aliphatic rings. The van der Waals surface area contributed by atoms with Crippen molar-refractivity contribution in [3.63, 3.8) is 0 Å². The number of halogens is 1. The number of aliphatic hydroxyl groups excluding tert-OH is 1. The van der Waals surface area contributed by atoms with Crippen molar-refractivity contribution in [2.75, 3.05) is 31.6 Å². The molecule has 1 unspecified atom stereocenters. The second-order valence-corrected chi connectivity index (χ2v) is 5.44. The van der Waals surface area contributed by atoms with Crippen LogP contribution in [0.15, 0.2) is 22.7 Å². The molecule has 18 heavy (non-hydrogen) atoms. The van der Waals surface area contributed by atoms with Gasteiger partial charge in [0, 0.05) is 29.8 Å². The highest BCUT2D eigenvalue weighted by atomic mass is 79.9. The van der Waals surface area contributed by atoms with Gasteiger partial charge in [-0.3, -0.25) is 0 Å². The van der Waals surface area contributed by atoms with E-state index in [1.165, 1.54) is 5.56 Å². The first-order valence-electron chi connectivity index (χ1n) is 6.45. The fourth-order valence-corrected chi connectivity index (χ4v) is 2.30. The molecule has 3 nitrogen and oxygen atoms in total. The third kappa shape index (κ3) is 4.26. The Morgan fingerprint density at radius 3 is 2.78 bits per heavy atom. The van der Waals surface area contributed by atoms with Gasteiger partial charge < -0.3 is 15.3 Å². The number of rotatable bonds is 7. The molecule has 1 rings (SSSR count). The highest BCUT2D eigenvalue weighted by molar-refractivity contribution is 9.10. The molecule has 1 aromatic rings. The molecule has 1 aromatic carbocycles. The van der Waals surface area contributed by atoms with Crippen molar-refractivity contribution in [3.8, 4) is 0 Å². The van der Waals surface area contributed by atoms with Crippen LogP contribution in [0.25, 0.3) is 0 Å². The van der Waals surface area contributed by atoms with Gasteiger partial charge in [-0.2, -0.15) is 0 Å². The van der Waals surface area contributed by atoms with E-state index in [-0.39, 0.29) is 6.61 Å². The monoisotopic (exact) mass is 314 g/mol. The zero-order chi connectivity index (χ0) is 13.5. The van der Waals surface area contributed by atoms with E-state index in [4.69, 9.17) is 5.11 Å². The minimum absolute atomic E-state index is 0.166. The molecule has 0 heterocycles. The summed E-state index contributed by atoms with van der Waals surface area (Å²) >= 11 is 3.51. The molecule has 1 atom stereocenters. The second kappa shape index (κ2) is 7.77. The predicted molar refractivity (Wildman–Crippen MR) is 81.2 cm³/mol. The Balaban J connectivity index is 2.95. The Morgan fingerprint density at radius 1 is 1.44 bits per heavy atom. The number of nitrogens with zero attached hydrogens (tertiary/aromatic N) is 1. The molecule has 2 N–H and O–H groups in total. The van der Waals surface area contributed by atoms with Crippen LogP contribution in [0.4, 0.5) is 5.69 Å². The lowest BCUT2D eigenvalue weighted by Gasteiger charge is -2.25. The number of nitrogens with one attached hydrogen (secondary N) is 1. The van der Waals surface area contributed by atoms with E-state index < -0.39 is 0 Å². The van der Waals surface area contributed by atoms with Gasteiger partial charge in [-0.15, -0.1) is 0 Å². The maximum atomic E-state index is 9.07.